The molecule has 1 heterocycles. The molecule has 0 saturated heterocycles. The van der Waals surface area contributed by atoms with Gasteiger partial charge in [0, 0.05) is 17.6 Å². The molecule has 0 unspecified atom stereocenters. The Labute approximate surface area is 119 Å². The molecule has 3 aromatic rings. The first kappa shape index (κ1) is 13.1. The maximum absolute atomic E-state index is 12.8. The molecule has 2 aromatic carbocycles. The number of halogens is 1. The number of aromatic amines is 1. The van der Waals surface area contributed by atoms with Gasteiger partial charge in [-0.15, -0.1) is 0 Å². The molecule has 6 heteroatoms. The summed E-state index contributed by atoms with van der Waals surface area (Å²) in [5, 5.41) is 19.2. The van der Waals surface area contributed by atoms with Crippen molar-refractivity contribution in [3.05, 3.63) is 59.5 Å². The van der Waals surface area contributed by atoms with Crippen molar-refractivity contribution in [2.75, 3.05) is 5.32 Å². The van der Waals surface area contributed by atoms with Crippen LogP contribution in [-0.4, -0.2) is 21.3 Å². The monoisotopic (exact) mass is 285 g/mol. The second-order valence-electron chi connectivity index (χ2n) is 4.62. The predicted octanol–water partition coefficient (Wildman–Crippen LogP) is 3.01. The van der Waals surface area contributed by atoms with Gasteiger partial charge < -0.3 is 10.4 Å². The van der Waals surface area contributed by atoms with E-state index in [-0.39, 0.29) is 11.5 Å². The van der Waals surface area contributed by atoms with Gasteiger partial charge in [-0.25, -0.2) is 9.18 Å². The molecule has 0 radical (unpaired) electrons. The average Bonchev–Trinajstić information content (AvgIpc) is 2.90. The van der Waals surface area contributed by atoms with Crippen molar-refractivity contribution in [3.8, 4) is 0 Å². The molecule has 0 atom stereocenters. The van der Waals surface area contributed by atoms with Crippen LogP contribution in [0.15, 0.2) is 42.5 Å². The van der Waals surface area contributed by atoms with E-state index in [1.807, 2.05) is 6.07 Å². The zero-order chi connectivity index (χ0) is 14.8. The number of H-pyrrole nitrogens is 1. The van der Waals surface area contributed by atoms with Gasteiger partial charge in [0.2, 0.25) is 0 Å². The molecule has 3 rings (SSSR count). The molecule has 0 bridgehead atoms. The minimum Gasteiger partial charge on any atom is -0.476 e. The number of carboxylic acids is 1. The van der Waals surface area contributed by atoms with E-state index in [4.69, 9.17) is 5.11 Å². The summed E-state index contributed by atoms with van der Waals surface area (Å²) in [6.45, 7) is 0.520. The van der Waals surface area contributed by atoms with Crippen LogP contribution in [0.3, 0.4) is 0 Å². The van der Waals surface area contributed by atoms with Gasteiger partial charge in [0.1, 0.15) is 5.82 Å². The largest absolute Gasteiger partial charge is 0.476 e. The standard InChI is InChI=1S/C15H12FN3O2/c16-10-3-1-9(2-4-10)8-17-11-5-6-13-12(7-11)14(15(20)21)19-18-13/h1-7,17H,8H2,(H,18,19)(H,20,21). The number of nitrogens with one attached hydrogen (secondary N) is 2. The Hall–Kier alpha value is -2.89. The van der Waals surface area contributed by atoms with Gasteiger partial charge >= 0.3 is 5.97 Å². The second-order valence-corrected chi connectivity index (χ2v) is 4.62. The summed E-state index contributed by atoms with van der Waals surface area (Å²) in [6.07, 6.45) is 0. The quantitative estimate of drug-likeness (QED) is 0.688. The fraction of sp³-hybridized carbons (Fsp3) is 0.0667. The highest BCUT2D eigenvalue weighted by atomic mass is 19.1. The smallest absolute Gasteiger partial charge is 0.357 e. The number of hydrogen-bond acceptors (Lipinski definition) is 3. The SMILES string of the molecule is O=C(O)c1n[nH]c2ccc(NCc3ccc(F)cc3)cc12. The number of rotatable bonds is 4. The lowest BCUT2D eigenvalue weighted by Crippen LogP contribution is -2.00. The van der Waals surface area contributed by atoms with Crippen LogP contribution in [0.4, 0.5) is 10.1 Å². The predicted molar refractivity (Wildman–Crippen MR) is 76.8 cm³/mol. The summed E-state index contributed by atoms with van der Waals surface area (Å²) in [5.41, 5.74) is 2.37. The zero-order valence-electron chi connectivity index (χ0n) is 10.9. The van der Waals surface area contributed by atoms with Gasteiger partial charge in [-0.3, -0.25) is 5.10 Å². The van der Waals surface area contributed by atoms with Crippen LogP contribution in [0.2, 0.25) is 0 Å². The van der Waals surface area contributed by atoms with Crippen LogP contribution >= 0.6 is 0 Å². The van der Waals surface area contributed by atoms with Gasteiger partial charge in [0.15, 0.2) is 5.69 Å². The minimum atomic E-state index is -1.07. The van der Waals surface area contributed by atoms with E-state index in [2.05, 4.69) is 15.5 Å². The lowest BCUT2D eigenvalue weighted by Gasteiger charge is -2.06. The van der Waals surface area contributed by atoms with Gasteiger partial charge in [-0.05, 0) is 35.9 Å². The number of fused-ring (bicyclic) bond motifs is 1. The van der Waals surface area contributed by atoms with Crippen molar-refractivity contribution < 1.29 is 14.3 Å². The van der Waals surface area contributed by atoms with Crippen molar-refractivity contribution in [1.82, 2.24) is 10.2 Å². The highest BCUT2D eigenvalue weighted by Crippen LogP contribution is 2.21. The van der Waals surface area contributed by atoms with Crippen LogP contribution in [0.25, 0.3) is 10.9 Å². The Morgan fingerprint density at radius 1 is 1.24 bits per heavy atom. The summed E-state index contributed by atoms with van der Waals surface area (Å²) >= 11 is 0. The molecule has 1 aromatic heterocycles. The normalized spacial score (nSPS) is 10.7. The zero-order valence-corrected chi connectivity index (χ0v) is 10.9. The van der Waals surface area contributed by atoms with Gasteiger partial charge in [-0.2, -0.15) is 5.10 Å². The number of anilines is 1. The molecule has 21 heavy (non-hydrogen) atoms. The van der Waals surface area contributed by atoms with Gasteiger partial charge in [0.25, 0.3) is 0 Å². The average molecular weight is 285 g/mol. The number of benzene rings is 2. The Balaban J connectivity index is 1.82. The fourth-order valence-electron chi connectivity index (χ4n) is 2.09. The van der Waals surface area contributed by atoms with Crippen molar-refractivity contribution >= 4 is 22.6 Å². The molecule has 5 nitrogen and oxygen atoms in total. The fourth-order valence-corrected chi connectivity index (χ4v) is 2.09. The van der Waals surface area contributed by atoms with Crippen molar-refractivity contribution in [3.63, 3.8) is 0 Å². The first-order valence-corrected chi connectivity index (χ1v) is 6.33. The number of carbonyl (C=O) groups is 1. The molecular weight excluding hydrogens is 273 g/mol. The summed E-state index contributed by atoms with van der Waals surface area (Å²) in [4.78, 5) is 11.1. The van der Waals surface area contributed by atoms with E-state index in [0.29, 0.717) is 17.4 Å². The van der Waals surface area contributed by atoms with E-state index in [0.717, 1.165) is 11.3 Å². The van der Waals surface area contributed by atoms with E-state index in [1.54, 1.807) is 24.3 Å². The molecule has 106 valence electrons. The van der Waals surface area contributed by atoms with Crippen LogP contribution < -0.4 is 5.32 Å². The summed E-state index contributed by atoms with van der Waals surface area (Å²) in [6, 6.07) is 11.5. The molecule has 3 N–H and O–H groups in total. The Morgan fingerprint density at radius 3 is 2.71 bits per heavy atom. The Kier molecular flexibility index (Phi) is 3.27. The van der Waals surface area contributed by atoms with Crippen LogP contribution in [0.1, 0.15) is 16.1 Å². The highest BCUT2D eigenvalue weighted by molar-refractivity contribution is 6.01. The van der Waals surface area contributed by atoms with Crippen LogP contribution in [0, 0.1) is 5.82 Å². The number of aromatic carboxylic acids is 1. The van der Waals surface area contributed by atoms with Crippen molar-refractivity contribution in [1.29, 1.82) is 0 Å². The molecule has 0 aliphatic heterocycles. The first-order valence-electron chi connectivity index (χ1n) is 6.33. The third-order valence-corrected chi connectivity index (χ3v) is 3.18. The van der Waals surface area contributed by atoms with Gasteiger partial charge in [0.05, 0.1) is 5.52 Å². The van der Waals surface area contributed by atoms with Crippen LogP contribution in [-0.2, 0) is 6.54 Å². The lowest BCUT2D eigenvalue weighted by atomic mass is 10.1. The van der Waals surface area contributed by atoms with Crippen molar-refractivity contribution in [2.24, 2.45) is 0 Å². The topological polar surface area (TPSA) is 78.0 Å². The number of aromatic nitrogens is 2. The molecule has 0 aliphatic carbocycles. The van der Waals surface area contributed by atoms with Crippen molar-refractivity contribution in [2.45, 2.75) is 6.54 Å². The lowest BCUT2D eigenvalue weighted by molar-refractivity contribution is 0.0692. The number of carboxylic acid groups (broad SMARTS) is 1. The maximum Gasteiger partial charge on any atom is 0.357 e. The van der Waals surface area contributed by atoms with E-state index >= 15 is 0 Å². The van der Waals surface area contributed by atoms with Gasteiger partial charge in [-0.1, -0.05) is 12.1 Å². The number of hydrogen-bond donors (Lipinski definition) is 3. The third-order valence-electron chi connectivity index (χ3n) is 3.18. The first-order chi connectivity index (χ1) is 10.1. The molecular formula is C15H12FN3O2. The highest BCUT2D eigenvalue weighted by Gasteiger charge is 2.12. The molecule has 0 saturated carbocycles. The molecule has 0 amide bonds. The molecule has 0 fully saturated rings. The second kappa shape index (κ2) is 5.24. The maximum atomic E-state index is 12.8. The third kappa shape index (κ3) is 2.69. The Bertz CT molecular complexity index is 796. The van der Waals surface area contributed by atoms with Crippen LogP contribution in [0.5, 0.6) is 0 Å². The minimum absolute atomic E-state index is 0.00423. The summed E-state index contributed by atoms with van der Waals surface area (Å²) in [7, 11) is 0. The number of nitrogens with zero attached hydrogens (tertiary/aromatic N) is 1. The summed E-state index contributed by atoms with van der Waals surface area (Å²) < 4.78 is 12.8. The van der Waals surface area contributed by atoms with E-state index < -0.39 is 5.97 Å². The van der Waals surface area contributed by atoms with E-state index in [1.165, 1.54) is 12.1 Å². The molecule has 0 aliphatic rings. The summed E-state index contributed by atoms with van der Waals surface area (Å²) in [5.74, 6) is -1.35. The molecule has 0 spiro atoms. The Morgan fingerprint density at radius 2 is 2.00 bits per heavy atom. The van der Waals surface area contributed by atoms with E-state index in [9.17, 15) is 9.18 Å².